The standard InChI is InChI=1S/C12H21N5O2/c1-8(2)6-9(3)16(5)11-10(17(18)19)7-14-12(13-4)15-11/h7-9H,6H2,1-5H3,(H,13,14,15). The van der Waals surface area contributed by atoms with Gasteiger partial charge in [0.25, 0.3) is 0 Å². The van der Waals surface area contributed by atoms with Gasteiger partial charge in [-0.1, -0.05) is 13.8 Å². The number of nitro groups is 1. The highest BCUT2D eigenvalue weighted by molar-refractivity contribution is 5.58. The molecule has 1 N–H and O–H groups in total. The van der Waals surface area contributed by atoms with E-state index in [1.807, 2.05) is 18.9 Å². The van der Waals surface area contributed by atoms with E-state index < -0.39 is 4.92 Å². The van der Waals surface area contributed by atoms with Crippen LogP contribution >= 0.6 is 0 Å². The van der Waals surface area contributed by atoms with Gasteiger partial charge in [-0.05, 0) is 19.3 Å². The van der Waals surface area contributed by atoms with Gasteiger partial charge in [0.05, 0.1) is 4.92 Å². The molecule has 7 nitrogen and oxygen atoms in total. The molecule has 19 heavy (non-hydrogen) atoms. The molecule has 1 unspecified atom stereocenters. The Labute approximate surface area is 113 Å². The van der Waals surface area contributed by atoms with Crippen LogP contribution in [0, 0.1) is 16.0 Å². The Balaban J connectivity index is 3.11. The molecule has 0 spiro atoms. The number of aromatic nitrogens is 2. The molecular formula is C12H21N5O2. The second-order valence-electron chi connectivity index (χ2n) is 5.00. The van der Waals surface area contributed by atoms with Crippen LogP contribution < -0.4 is 10.2 Å². The second-order valence-corrected chi connectivity index (χ2v) is 5.00. The van der Waals surface area contributed by atoms with E-state index in [1.54, 1.807) is 7.05 Å². The van der Waals surface area contributed by atoms with Crippen molar-refractivity contribution in [1.29, 1.82) is 0 Å². The molecule has 0 bridgehead atoms. The zero-order valence-corrected chi connectivity index (χ0v) is 12.0. The molecular weight excluding hydrogens is 246 g/mol. The van der Waals surface area contributed by atoms with Gasteiger partial charge < -0.3 is 10.2 Å². The first kappa shape index (κ1) is 15.1. The summed E-state index contributed by atoms with van der Waals surface area (Å²) in [4.78, 5) is 20.5. The monoisotopic (exact) mass is 267 g/mol. The molecule has 0 amide bonds. The lowest BCUT2D eigenvalue weighted by atomic mass is 10.0. The summed E-state index contributed by atoms with van der Waals surface area (Å²) in [6.07, 6.45) is 2.18. The minimum Gasteiger partial charge on any atom is -0.357 e. The van der Waals surface area contributed by atoms with Gasteiger partial charge in [0, 0.05) is 20.1 Å². The number of rotatable bonds is 6. The number of nitrogens with one attached hydrogen (secondary N) is 1. The van der Waals surface area contributed by atoms with Crippen LogP contribution in [-0.2, 0) is 0 Å². The molecule has 0 saturated heterocycles. The van der Waals surface area contributed by atoms with E-state index >= 15 is 0 Å². The van der Waals surface area contributed by atoms with Gasteiger partial charge >= 0.3 is 5.69 Å². The summed E-state index contributed by atoms with van der Waals surface area (Å²) < 4.78 is 0. The van der Waals surface area contributed by atoms with Crippen LogP contribution in [0.15, 0.2) is 6.20 Å². The van der Waals surface area contributed by atoms with Crippen molar-refractivity contribution in [1.82, 2.24) is 9.97 Å². The first-order valence-electron chi connectivity index (χ1n) is 6.28. The first-order chi connectivity index (χ1) is 8.86. The molecule has 0 saturated carbocycles. The van der Waals surface area contributed by atoms with Crippen molar-refractivity contribution in [3.05, 3.63) is 16.3 Å². The zero-order valence-electron chi connectivity index (χ0n) is 12.0. The largest absolute Gasteiger partial charge is 0.357 e. The molecule has 1 aromatic heterocycles. The number of hydrogen-bond acceptors (Lipinski definition) is 6. The minimum absolute atomic E-state index is 0.0721. The lowest BCUT2D eigenvalue weighted by molar-refractivity contribution is -0.384. The lowest BCUT2D eigenvalue weighted by Crippen LogP contribution is -2.31. The summed E-state index contributed by atoms with van der Waals surface area (Å²) in [7, 11) is 3.50. The van der Waals surface area contributed by atoms with E-state index in [4.69, 9.17) is 0 Å². The predicted octanol–water partition coefficient (Wildman–Crippen LogP) is 2.30. The van der Waals surface area contributed by atoms with Crippen molar-refractivity contribution in [3.8, 4) is 0 Å². The van der Waals surface area contributed by atoms with Crippen molar-refractivity contribution >= 4 is 17.5 Å². The summed E-state index contributed by atoms with van der Waals surface area (Å²) >= 11 is 0. The third-order valence-corrected chi connectivity index (χ3v) is 2.98. The zero-order chi connectivity index (χ0) is 14.6. The van der Waals surface area contributed by atoms with Crippen LogP contribution in [-0.4, -0.2) is 35.0 Å². The van der Waals surface area contributed by atoms with E-state index in [-0.39, 0.29) is 11.7 Å². The van der Waals surface area contributed by atoms with Crippen LogP contribution in [0.3, 0.4) is 0 Å². The molecule has 1 atom stereocenters. The summed E-state index contributed by atoms with van der Waals surface area (Å²) in [6.45, 7) is 6.28. The van der Waals surface area contributed by atoms with Gasteiger partial charge in [0.15, 0.2) is 0 Å². The molecule has 0 aliphatic rings. The van der Waals surface area contributed by atoms with Crippen LogP contribution in [0.1, 0.15) is 27.2 Å². The molecule has 0 aliphatic carbocycles. The molecule has 0 fully saturated rings. The SMILES string of the molecule is CNc1ncc([N+](=O)[O-])c(N(C)C(C)CC(C)C)n1. The molecule has 1 rings (SSSR count). The lowest BCUT2D eigenvalue weighted by Gasteiger charge is -2.27. The molecule has 7 heteroatoms. The highest BCUT2D eigenvalue weighted by Gasteiger charge is 2.23. The average molecular weight is 267 g/mol. The Bertz CT molecular complexity index is 450. The number of hydrogen-bond donors (Lipinski definition) is 1. The van der Waals surface area contributed by atoms with Gasteiger partial charge in [0.1, 0.15) is 6.20 Å². The van der Waals surface area contributed by atoms with Gasteiger partial charge in [-0.25, -0.2) is 4.98 Å². The smallest absolute Gasteiger partial charge is 0.329 e. The fourth-order valence-corrected chi connectivity index (χ4v) is 1.92. The Hall–Kier alpha value is -1.92. The van der Waals surface area contributed by atoms with Crippen LogP contribution in [0.4, 0.5) is 17.5 Å². The second kappa shape index (κ2) is 6.31. The third kappa shape index (κ3) is 3.77. The Morgan fingerprint density at radius 3 is 2.58 bits per heavy atom. The van der Waals surface area contributed by atoms with Crippen molar-refractivity contribution in [2.75, 3.05) is 24.3 Å². The topological polar surface area (TPSA) is 84.2 Å². The number of anilines is 2. The summed E-state index contributed by atoms with van der Waals surface area (Å²) in [5.41, 5.74) is -0.0721. The van der Waals surface area contributed by atoms with E-state index in [9.17, 15) is 10.1 Å². The summed E-state index contributed by atoms with van der Waals surface area (Å²) in [6, 6.07) is 0.165. The average Bonchev–Trinajstić information content (AvgIpc) is 2.36. The normalized spacial score (nSPS) is 12.3. The third-order valence-electron chi connectivity index (χ3n) is 2.98. The van der Waals surface area contributed by atoms with Crippen LogP contribution in [0.5, 0.6) is 0 Å². The van der Waals surface area contributed by atoms with Crippen molar-refractivity contribution in [2.45, 2.75) is 33.2 Å². The Kier molecular flexibility index (Phi) is 5.02. The molecule has 0 aliphatic heterocycles. The summed E-state index contributed by atoms with van der Waals surface area (Å²) in [5, 5.41) is 13.8. The van der Waals surface area contributed by atoms with E-state index in [0.717, 1.165) is 6.42 Å². The molecule has 0 aromatic carbocycles. The molecule has 1 heterocycles. The fourth-order valence-electron chi connectivity index (χ4n) is 1.92. The maximum Gasteiger partial charge on any atom is 0.329 e. The van der Waals surface area contributed by atoms with E-state index in [0.29, 0.717) is 17.7 Å². The predicted molar refractivity (Wildman–Crippen MR) is 75.6 cm³/mol. The van der Waals surface area contributed by atoms with Crippen LogP contribution in [0.25, 0.3) is 0 Å². The maximum absolute atomic E-state index is 11.0. The van der Waals surface area contributed by atoms with Gasteiger partial charge in [-0.2, -0.15) is 4.98 Å². The van der Waals surface area contributed by atoms with Gasteiger partial charge in [-0.3, -0.25) is 10.1 Å². The van der Waals surface area contributed by atoms with E-state index in [2.05, 4.69) is 29.1 Å². The number of nitrogens with zero attached hydrogens (tertiary/aromatic N) is 4. The Morgan fingerprint density at radius 2 is 2.11 bits per heavy atom. The Morgan fingerprint density at radius 1 is 1.47 bits per heavy atom. The van der Waals surface area contributed by atoms with Crippen molar-refractivity contribution in [2.24, 2.45) is 5.92 Å². The molecule has 106 valence electrons. The first-order valence-corrected chi connectivity index (χ1v) is 6.28. The highest BCUT2D eigenvalue weighted by Crippen LogP contribution is 2.27. The van der Waals surface area contributed by atoms with Crippen molar-refractivity contribution < 1.29 is 4.92 Å². The highest BCUT2D eigenvalue weighted by atomic mass is 16.6. The van der Waals surface area contributed by atoms with Gasteiger partial charge in [0.2, 0.25) is 11.8 Å². The van der Waals surface area contributed by atoms with Crippen molar-refractivity contribution in [3.63, 3.8) is 0 Å². The summed E-state index contributed by atoms with van der Waals surface area (Å²) in [5.74, 6) is 1.24. The van der Waals surface area contributed by atoms with Crippen LogP contribution in [0.2, 0.25) is 0 Å². The van der Waals surface area contributed by atoms with Gasteiger partial charge in [-0.15, -0.1) is 0 Å². The fraction of sp³-hybridized carbons (Fsp3) is 0.667. The molecule has 0 radical (unpaired) electrons. The quantitative estimate of drug-likeness (QED) is 0.629. The molecule has 1 aromatic rings. The minimum atomic E-state index is -0.451. The maximum atomic E-state index is 11.0. The van der Waals surface area contributed by atoms with E-state index in [1.165, 1.54) is 6.20 Å².